The SMILES string of the molecule is C=C(C)[C@@H]1CC[C@]2(NCCN3CCN(C(=O)C(C)=O)CC3)CC[C@]3(C)[C@H](CC[C@@H]4[C@@]5(C)CC=C(c6ccc(OC=O)cc6)C(C)(C)[C@@H]5CC[C@]43C)[C@@H]12.C=C(C)[C@@H]1CC[C@]2(NCCN3CCN(C(C)=O)CC3)CC[C@]3(C)[C@H](CC[C@@H]4[C@@]5(C)CC=C(c6ccc(OC=O)cc6)C(C)(C)[C@@H]5CC[C@]43C)[C@@H]12. The zero-order valence-electron chi connectivity index (χ0n) is 65.5. The Bertz CT molecular complexity index is 3580. The molecule has 14 rings (SSSR count). The predicted octanol–water partition coefficient (Wildman–Crippen LogP) is 16.3. The number of ketones is 1. The number of hydrogen-bond donors (Lipinski definition) is 2. The minimum Gasteiger partial charge on any atom is -0.429 e. The van der Waals surface area contributed by atoms with E-state index in [-0.39, 0.29) is 50.3 Å². The van der Waals surface area contributed by atoms with Crippen molar-refractivity contribution in [3.8, 4) is 11.5 Å². The van der Waals surface area contributed by atoms with E-state index < -0.39 is 0 Å². The van der Waals surface area contributed by atoms with E-state index in [1.807, 2.05) is 29.2 Å². The molecule has 12 aliphatic rings. The van der Waals surface area contributed by atoms with Crippen LogP contribution in [0.15, 0.2) is 85.0 Å². The molecule has 13 nitrogen and oxygen atoms in total. The summed E-state index contributed by atoms with van der Waals surface area (Å²) in [6, 6.07) is 16.3. The summed E-state index contributed by atoms with van der Waals surface area (Å²) in [5, 5.41) is 8.56. The third kappa shape index (κ3) is 12.3. The highest BCUT2D eigenvalue weighted by molar-refractivity contribution is 6.35. The number of allylic oxidation sites excluding steroid dienone is 6. The maximum atomic E-state index is 12.2. The standard InChI is InChI=1S/C45H65N3O4.C44H65N3O3/c1-30(2)34-15-20-45(46-23-24-47-25-27-48(28-26-47)40(51)31(3)50)22-21-43(7)36(39(34)45)13-14-38-42(6)18-16-35(32-9-11-33(12-10-32)52-29-49)41(4,5)37(42)17-19-44(38,43)8;1-30(2)34-15-20-44(45-23-24-46-25-27-47(28-26-46)31(3)49)22-21-42(7)36(39(34)44)13-14-38-41(6)18-16-35(32-9-11-33(12-10-32)50-29-48)40(4,5)37(41)17-19-43(38,42)8/h9-12,16,29,34,36-39,46H,1,13-15,17-28H2,2-8H3;9-12,16,29,34,36-39,45H,1,13-15,17-28H2,2-8H3/t34-,36+,37-,38+,39+,42-,43+,44+,45-;34-,36+,37-,38+,39+,41-,42+,43+,44-/m00/s1. The van der Waals surface area contributed by atoms with Gasteiger partial charge in [0.25, 0.3) is 18.9 Å². The molecule has 2 N–H and O–H groups in total. The Kier molecular flexibility index (Phi) is 20.5. The lowest BCUT2D eigenvalue weighted by Crippen LogP contribution is -2.68. The Balaban J connectivity index is 0.000000182. The summed E-state index contributed by atoms with van der Waals surface area (Å²) in [5.74, 6) is 7.26. The molecule has 0 bridgehead atoms. The summed E-state index contributed by atoms with van der Waals surface area (Å²) >= 11 is 0. The summed E-state index contributed by atoms with van der Waals surface area (Å²) < 4.78 is 10.2. The molecular formula is C89H130N6O7. The molecule has 2 aromatic carbocycles. The van der Waals surface area contributed by atoms with Gasteiger partial charge >= 0.3 is 0 Å². The quantitative estimate of drug-likeness (QED) is 0.0888. The summed E-state index contributed by atoms with van der Waals surface area (Å²) in [6.45, 7) is 54.9. The van der Waals surface area contributed by atoms with Crippen molar-refractivity contribution in [3.05, 3.63) is 96.1 Å². The van der Waals surface area contributed by atoms with Crippen LogP contribution in [0.5, 0.6) is 11.5 Å². The van der Waals surface area contributed by atoms with Crippen LogP contribution in [-0.2, 0) is 24.0 Å². The molecule has 0 radical (unpaired) electrons. The van der Waals surface area contributed by atoms with Crippen molar-refractivity contribution < 1.29 is 33.4 Å². The summed E-state index contributed by atoms with van der Waals surface area (Å²) in [7, 11) is 0. The predicted molar refractivity (Wildman–Crippen MR) is 410 cm³/mol. The number of benzene rings is 2. The van der Waals surface area contributed by atoms with Crippen molar-refractivity contribution in [2.24, 2.45) is 102 Å². The molecule has 10 fully saturated rings. The van der Waals surface area contributed by atoms with Gasteiger partial charge in [-0.15, -0.1) is 0 Å². The van der Waals surface area contributed by atoms with Gasteiger partial charge in [-0.05, 0) is 278 Å². The van der Waals surface area contributed by atoms with E-state index in [1.54, 1.807) is 11.8 Å². The molecule has 8 saturated carbocycles. The van der Waals surface area contributed by atoms with Crippen molar-refractivity contribution in [2.45, 2.75) is 224 Å². The fourth-order valence-electron chi connectivity index (χ4n) is 28.2. The van der Waals surface area contributed by atoms with Crippen LogP contribution in [0.1, 0.15) is 224 Å². The fraction of sp³-hybridized carbons (Fsp3) is 0.719. The number of Topliss-reactive ketones (excluding diaryl/α,β-unsaturated/α-hetero) is 1. The topological polar surface area (TPSA) is 141 Å². The normalized spacial score (nSPS) is 40.2. The monoisotopic (exact) mass is 1400 g/mol. The van der Waals surface area contributed by atoms with E-state index in [1.165, 1.54) is 143 Å². The van der Waals surface area contributed by atoms with Gasteiger partial charge in [0.05, 0.1) is 0 Å². The van der Waals surface area contributed by atoms with Gasteiger partial charge in [-0.25, -0.2) is 0 Å². The summed E-state index contributed by atoms with van der Waals surface area (Å²) in [6.07, 6.45) is 28.2. The molecule has 2 amide bonds. The average molecular weight is 1400 g/mol. The second-order valence-electron chi connectivity index (χ2n) is 38.1. The van der Waals surface area contributed by atoms with Crippen LogP contribution in [0.4, 0.5) is 0 Å². The molecule has 0 aromatic heterocycles. The van der Waals surface area contributed by atoms with Gasteiger partial charge in [0.1, 0.15) is 11.5 Å². The molecule has 2 aliphatic heterocycles. The van der Waals surface area contributed by atoms with Crippen molar-refractivity contribution in [1.29, 1.82) is 0 Å². The average Bonchev–Trinajstić information content (AvgIpc) is 1.02. The molecule has 2 aromatic rings. The number of nitrogens with zero attached hydrogens (tertiary/aromatic N) is 4. The Hall–Kier alpha value is -5.21. The second kappa shape index (κ2) is 27.9. The van der Waals surface area contributed by atoms with Gasteiger partial charge in [-0.2, -0.15) is 0 Å². The summed E-state index contributed by atoms with van der Waals surface area (Å²) in [5.41, 5.74) is 10.5. The molecule has 2 heterocycles. The molecule has 2 saturated heterocycles. The van der Waals surface area contributed by atoms with Gasteiger partial charge < -0.3 is 29.9 Å². The second-order valence-corrected chi connectivity index (χ2v) is 38.1. The third-order valence-electron chi connectivity index (χ3n) is 33.6. The van der Waals surface area contributed by atoms with Crippen LogP contribution in [0.2, 0.25) is 0 Å². The van der Waals surface area contributed by atoms with Crippen molar-refractivity contribution in [2.75, 3.05) is 78.5 Å². The fourth-order valence-corrected chi connectivity index (χ4v) is 28.2. The largest absolute Gasteiger partial charge is 0.429 e. The lowest BCUT2D eigenvalue weighted by molar-refractivity contribution is -0.219. The van der Waals surface area contributed by atoms with Crippen LogP contribution in [0.25, 0.3) is 11.1 Å². The van der Waals surface area contributed by atoms with Crippen molar-refractivity contribution >= 4 is 41.7 Å². The molecule has 102 heavy (non-hydrogen) atoms. The van der Waals surface area contributed by atoms with E-state index in [4.69, 9.17) is 9.47 Å². The van der Waals surface area contributed by atoms with Crippen LogP contribution in [0.3, 0.4) is 0 Å². The Morgan fingerprint density at radius 3 is 1.20 bits per heavy atom. The summed E-state index contributed by atoms with van der Waals surface area (Å²) in [4.78, 5) is 66.3. The van der Waals surface area contributed by atoms with Gasteiger partial charge in [0.15, 0.2) is 0 Å². The first-order chi connectivity index (χ1) is 48.3. The highest BCUT2D eigenvalue weighted by Crippen LogP contribution is 2.79. The smallest absolute Gasteiger partial charge is 0.298 e. The van der Waals surface area contributed by atoms with Crippen LogP contribution < -0.4 is 20.1 Å². The minimum atomic E-state index is -0.359. The van der Waals surface area contributed by atoms with E-state index in [0.29, 0.717) is 112 Å². The van der Waals surface area contributed by atoms with Gasteiger partial charge in [-0.3, -0.25) is 33.8 Å². The Morgan fingerprint density at radius 1 is 0.461 bits per heavy atom. The lowest BCUT2D eigenvalue weighted by atomic mass is 9.33. The number of carbonyl (C=O) groups is 5. The molecule has 18 atom stereocenters. The molecule has 0 spiro atoms. The Morgan fingerprint density at radius 2 is 0.843 bits per heavy atom. The first-order valence-corrected chi connectivity index (χ1v) is 40.5. The van der Waals surface area contributed by atoms with E-state index in [2.05, 4.69) is 153 Å². The highest BCUT2D eigenvalue weighted by atomic mass is 16.5. The molecule has 10 aliphatic carbocycles. The number of amides is 2. The van der Waals surface area contributed by atoms with Crippen molar-refractivity contribution in [1.82, 2.24) is 30.2 Å². The van der Waals surface area contributed by atoms with E-state index >= 15 is 0 Å². The number of rotatable bonds is 17. The lowest BCUT2D eigenvalue weighted by Gasteiger charge is -2.72. The van der Waals surface area contributed by atoms with E-state index in [9.17, 15) is 24.0 Å². The highest BCUT2D eigenvalue weighted by Gasteiger charge is 2.73. The van der Waals surface area contributed by atoms with E-state index in [0.717, 1.165) is 84.2 Å². The number of ether oxygens (including phenoxy) is 2. The molecular weight excluding hydrogens is 1270 g/mol. The molecule has 0 unspecified atom stereocenters. The molecule has 13 heteroatoms. The number of fused-ring (bicyclic) bond motifs is 14. The number of hydrogen-bond acceptors (Lipinski definition) is 11. The zero-order valence-corrected chi connectivity index (χ0v) is 65.5. The first kappa shape index (κ1) is 75.0. The Labute approximate surface area is 614 Å². The van der Waals surface area contributed by atoms with Crippen LogP contribution >= 0.6 is 0 Å². The van der Waals surface area contributed by atoms with Crippen LogP contribution in [0, 0.1) is 102 Å². The van der Waals surface area contributed by atoms with Gasteiger partial charge in [0, 0.05) is 103 Å². The number of piperazine rings is 2. The number of carbonyl (C=O) groups excluding carboxylic acids is 5. The third-order valence-corrected chi connectivity index (χ3v) is 33.6. The number of nitrogens with one attached hydrogen (secondary N) is 2. The van der Waals surface area contributed by atoms with Crippen molar-refractivity contribution in [3.63, 3.8) is 0 Å². The maximum Gasteiger partial charge on any atom is 0.298 e. The molecule has 558 valence electrons. The zero-order chi connectivity index (χ0) is 73.0. The van der Waals surface area contributed by atoms with Gasteiger partial charge in [0.2, 0.25) is 11.7 Å². The minimum absolute atomic E-state index is 0.0524. The van der Waals surface area contributed by atoms with Crippen LogP contribution in [-0.4, -0.2) is 140 Å². The maximum absolute atomic E-state index is 12.2. The first-order valence-electron chi connectivity index (χ1n) is 40.5. The van der Waals surface area contributed by atoms with Gasteiger partial charge in [-0.1, -0.05) is 130 Å².